The van der Waals surface area contributed by atoms with Crippen LogP contribution >= 0.6 is 0 Å². The molecule has 28 heavy (non-hydrogen) atoms. The fraction of sp³-hybridized carbons (Fsp3) is 0.0400. The van der Waals surface area contributed by atoms with Crippen molar-refractivity contribution in [2.75, 3.05) is 11.6 Å². The maximum atomic E-state index is 4.97. The van der Waals surface area contributed by atoms with Gasteiger partial charge in [0.15, 0.2) is 5.69 Å². The van der Waals surface area contributed by atoms with Gasteiger partial charge >= 0.3 is 0 Å². The summed E-state index contributed by atoms with van der Waals surface area (Å²) in [6, 6.07) is 37.7. The van der Waals surface area contributed by atoms with E-state index in [1.54, 1.807) is 0 Å². The summed E-state index contributed by atoms with van der Waals surface area (Å²) >= 11 is 0. The van der Waals surface area contributed by atoms with E-state index < -0.39 is 0 Å². The molecular weight excluding hydrogens is 342 g/mol. The number of rotatable bonds is 3. The SMILES string of the molecule is c1ccc(-c2cccc3c2N(c2ccccc2)C[N+](c2ccccc2)=N3)cc1. The van der Waals surface area contributed by atoms with Crippen LogP contribution in [0.15, 0.2) is 114 Å². The minimum atomic E-state index is 0.658. The van der Waals surface area contributed by atoms with Crippen LogP contribution in [0, 0.1) is 0 Å². The molecule has 0 aliphatic carbocycles. The standard InChI is InChI=1S/C25H20N3/c1-4-11-20(12-5-1)23-17-10-18-24-25(23)27(21-13-6-2-7-14-21)19-28(26-24)22-15-8-3-9-16-22/h1-18H,19H2/q+1. The van der Waals surface area contributed by atoms with Crippen LogP contribution in [0.4, 0.5) is 22.7 Å². The molecule has 0 bridgehead atoms. The minimum Gasteiger partial charge on any atom is -0.281 e. The molecule has 0 atom stereocenters. The van der Waals surface area contributed by atoms with E-state index >= 15 is 0 Å². The molecule has 0 unspecified atom stereocenters. The van der Waals surface area contributed by atoms with Crippen LogP contribution in [0.1, 0.15) is 0 Å². The van der Waals surface area contributed by atoms with E-state index in [-0.39, 0.29) is 0 Å². The first-order valence-corrected chi connectivity index (χ1v) is 9.45. The first-order chi connectivity index (χ1) is 13.9. The molecule has 134 valence electrons. The molecular formula is C25H20N3+. The molecule has 0 spiro atoms. The molecule has 0 saturated heterocycles. The number of azo groups is 2. The highest BCUT2D eigenvalue weighted by Gasteiger charge is 2.29. The number of para-hydroxylation sites is 3. The van der Waals surface area contributed by atoms with E-state index in [0.29, 0.717) is 6.67 Å². The van der Waals surface area contributed by atoms with E-state index in [4.69, 9.17) is 5.11 Å². The van der Waals surface area contributed by atoms with Gasteiger partial charge in [0.05, 0.1) is 5.69 Å². The first kappa shape index (κ1) is 16.5. The maximum Gasteiger partial charge on any atom is 0.254 e. The van der Waals surface area contributed by atoms with Crippen molar-refractivity contribution < 1.29 is 4.70 Å². The molecule has 4 aromatic carbocycles. The van der Waals surface area contributed by atoms with Gasteiger partial charge in [0.1, 0.15) is 0 Å². The van der Waals surface area contributed by atoms with Crippen molar-refractivity contribution in [3.8, 4) is 11.1 Å². The average Bonchev–Trinajstić information content (AvgIpc) is 2.79. The van der Waals surface area contributed by atoms with Gasteiger partial charge in [0.25, 0.3) is 6.67 Å². The van der Waals surface area contributed by atoms with Crippen LogP contribution in [0.25, 0.3) is 11.1 Å². The second kappa shape index (κ2) is 7.12. The molecule has 0 fully saturated rings. The fourth-order valence-electron chi connectivity index (χ4n) is 3.67. The largest absolute Gasteiger partial charge is 0.281 e. The first-order valence-electron chi connectivity index (χ1n) is 9.45. The lowest BCUT2D eigenvalue weighted by atomic mass is 10.0. The molecule has 3 heteroatoms. The lowest BCUT2D eigenvalue weighted by Gasteiger charge is -2.28. The van der Waals surface area contributed by atoms with Crippen molar-refractivity contribution in [2.24, 2.45) is 5.11 Å². The molecule has 1 aliphatic rings. The molecule has 1 heterocycles. The van der Waals surface area contributed by atoms with Crippen LogP contribution in [0.3, 0.4) is 0 Å². The van der Waals surface area contributed by atoms with Crippen LogP contribution in [0.2, 0.25) is 0 Å². The predicted octanol–water partition coefficient (Wildman–Crippen LogP) is 6.89. The van der Waals surface area contributed by atoms with Crippen molar-refractivity contribution in [1.82, 2.24) is 0 Å². The Kier molecular flexibility index (Phi) is 4.19. The molecule has 0 amide bonds. The van der Waals surface area contributed by atoms with Gasteiger partial charge in [0.2, 0.25) is 5.69 Å². The maximum absolute atomic E-state index is 4.97. The second-order valence-electron chi connectivity index (χ2n) is 6.78. The summed E-state index contributed by atoms with van der Waals surface area (Å²) in [5, 5.41) is 4.97. The lowest BCUT2D eigenvalue weighted by Crippen LogP contribution is -2.28. The van der Waals surface area contributed by atoms with Crippen molar-refractivity contribution in [2.45, 2.75) is 0 Å². The molecule has 4 aromatic rings. The van der Waals surface area contributed by atoms with Crippen LogP contribution in [-0.4, -0.2) is 11.4 Å². The summed E-state index contributed by atoms with van der Waals surface area (Å²) in [4.78, 5) is 2.34. The normalized spacial score (nSPS) is 13.0. The summed E-state index contributed by atoms with van der Waals surface area (Å²) in [7, 11) is 0. The molecule has 5 rings (SSSR count). The second-order valence-corrected chi connectivity index (χ2v) is 6.78. The third kappa shape index (κ3) is 2.97. The highest BCUT2D eigenvalue weighted by Crippen LogP contribution is 2.44. The van der Waals surface area contributed by atoms with Gasteiger partial charge in [-0.2, -0.15) is 0 Å². The highest BCUT2D eigenvalue weighted by molar-refractivity contribution is 5.90. The van der Waals surface area contributed by atoms with Crippen LogP contribution in [-0.2, 0) is 0 Å². The highest BCUT2D eigenvalue weighted by atomic mass is 15.4. The molecule has 0 radical (unpaired) electrons. The smallest absolute Gasteiger partial charge is 0.254 e. The topological polar surface area (TPSA) is 18.6 Å². The Morgan fingerprint density at radius 1 is 0.643 bits per heavy atom. The van der Waals surface area contributed by atoms with Crippen molar-refractivity contribution in [3.05, 3.63) is 109 Å². The van der Waals surface area contributed by atoms with Gasteiger partial charge in [-0.05, 0) is 23.8 Å². The summed E-state index contributed by atoms with van der Waals surface area (Å²) in [5.41, 5.74) is 6.75. The Balaban J connectivity index is 1.73. The monoisotopic (exact) mass is 362 g/mol. The van der Waals surface area contributed by atoms with Gasteiger partial charge in [-0.15, -0.1) is 0 Å². The molecule has 0 aromatic heterocycles. The third-order valence-corrected chi connectivity index (χ3v) is 5.00. The zero-order valence-electron chi connectivity index (χ0n) is 15.4. The van der Waals surface area contributed by atoms with E-state index in [9.17, 15) is 0 Å². The molecule has 1 aliphatic heterocycles. The van der Waals surface area contributed by atoms with E-state index in [2.05, 4.69) is 101 Å². The van der Waals surface area contributed by atoms with Gasteiger partial charge < -0.3 is 0 Å². The van der Waals surface area contributed by atoms with Crippen molar-refractivity contribution >= 4 is 22.7 Å². The predicted molar refractivity (Wildman–Crippen MR) is 114 cm³/mol. The number of nitrogens with zero attached hydrogens (tertiary/aromatic N) is 3. The van der Waals surface area contributed by atoms with Gasteiger partial charge in [-0.3, -0.25) is 4.90 Å². The van der Waals surface area contributed by atoms with E-state index in [1.165, 1.54) is 11.1 Å². The van der Waals surface area contributed by atoms with Gasteiger partial charge in [-0.1, -0.05) is 83.6 Å². The Morgan fingerprint density at radius 2 is 1.29 bits per heavy atom. The summed E-state index contributed by atoms with van der Waals surface area (Å²) in [6.07, 6.45) is 0. The quantitative estimate of drug-likeness (QED) is 0.363. The van der Waals surface area contributed by atoms with E-state index in [0.717, 1.165) is 22.7 Å². The van der Waals surface area contributed by atoms with Crippen molar-refractivity contribution in [1.29, 1.82) is 0 Å². The molecule has 0 N–H and O–H groups in total. The average molecular weight is 362 g/mol. The van der Waals surface area contributed by atoms with Gasteiger partial charge in [0, 0.05) is 28.5 Å². The number of fused-ring (bicyclic) bond motifs is 1. The van der Waals surface area contributed by atoms with Gasteiger partial charge in [-0.25, -0.2) is 0 Å². The minimum absolute atomic E-state index is 0.658. The number of hydrogen-bond acceptors (Lipinski definition) is 2. The van der Waals surface area contributed by atoms with Crippen LogP contribution in [0.5, 0.6) is 0 Å². The Morgan fingerprint density at radius 3 is 2.00 bits per heavy atom. The van der Waals surface area contributed by atoms with Crippen molar-refractivity contribution in [3.63, 3.8) is 0 Å². The summed E-state index contributed by atoms with van der Waals surface area (Å²) in [6.45, 7) is 0.658. The number of hydrogen-bond donors (Lipinski definition) is 0. The number of anilines is 2. The fourth-order valence-corrected chi connectivity index (χ4v) is 3.67. The zero-order chi connectivity index (χ0) is 18.8. The summed E-state index contributed by atoms with van der Waals surface area (Å²) < 4.78 is 2.06. The zero-order valence-corrected chi connectivity index (χ0v) is 15.4. The Hall–Kier alpha value is -3.72. The molecule has 0 saturated carbocycles. The summed E-state index contributed by atoms with van der Waals surface area (Å²) in [5.74, 6) is 0. The molecule has 3 nitrogen and oxygen atoms in total. The lowest BCUT2D eigenvalue weighted by molar-refractivity contribution is -0.508. The Labute approximate surface area is 164 Å². The van der Waals surface area contributed by atoms with E-state index in [1.807, 2.05) is 18.2 Å². The number of benzene rings is 4. The van der Waals surface area contributed by atoms with Crippen LogP contribution < -0.4 is 4.90 Å². The Bertz CT molecular complexity index is 1120. The third-order valence-electron chi connectivity index (χ3n) is 5.00.